The van der Waals surface area contributed by atoms with Crippen LogP contribution in [0.15, 0.2) is 52.2 Å². The number of sulfonamides is 1. The number of aromatic amines is 2. The summed E-state index contributed by atoms with van der Waals surface area (Å²) in [5, 5.41) is 0.308. The van der Waals surface area contributed by atoms with E-state index in [1.165, 1.54) is 26.2 Å². The maximum atomic E-state index is 12.8. The fourth-order valence-electron chi connectivity index (χ4n) is 3.74. The molecule has 164 valence electrons. The van der Waals surface area contributed by atoms with E-state index in [1.807, 2.05) is 6.07 Å². The number of anilines is 1. The molecule has 10 nitrogen and oxygen atoms in total. The Morgan fingerprint density at radius 1 is 1.06 bits per heavy atom. The molecule has 2 aromatic carbocycles. The number of para-hydroxylation sites is 1. The van der Waals surface area contributed by atoms with Crippen LogP contribution in [-0.2, 0) is 10.0 Å². The van der Waals surface area contributed by atoms with E-state index in [9.17, 15) is 13.2 Å². The third kappa shape index (κ3) is 3.01. The van der Waals surface area contributed by atoms with Gasteiger partial charge in [-0.2, -0.15) is 4.98 Å². The molecule has 32 heavy (non-hydrogen) atoms. The summed E-state index contributed by atoms with van der Waals surface area (Å²) in [5.41, 5.74) is 8.06. The molecule has 0 fully saturated rings. The van der Waals surface area contributed by atoms with E-state index < -0.39 is 15.6 Å². The fraction of sp³-hybridized carbons (Fsp3) is 0.143. The van der Waals surface area contributed by atoms with E-state index in [1.54, 1.807) is 24.3 Å². The average molecular weight is 453 g/mol. The van der Waals surface area contributed by atoms with E-state index in [2.05, 4.69) is 15.0 Å². The number of nitrogens with two attached hydrogens (primary N) is 1. The van der Waals surface area contributed by atoms with Crippen molar-refractivity contribution < 1.29 is 17.9 Å². The molecule has 0 spiro atoms. The van der Waals surface area contributed by atoms with E-state index in [-0.39, 0.29) is 17.6 Å². The number of fused-ring (bicyclic) bond motifs is 2. The number of aromatic nitrogens is 3. The van der Waals surface area contributed by atoms with E-state index in [0.29, 0.717) is 44.9 Å². The van der Waals surface area contributed by atoms with Crippen molar-refractivity contribution in [2.24, 2.45) is 0 Å². The summed E-state index contributed by atoms with van der Waals surface area (Å²) in [6.07, 6.45) is 0. The normalized spacial score (nSPS) is 13.2. The molecule has 0 radical (unpaired) electrons. The van der Waals surface area contributed by atoms with Crippen molar-refractivity contribution in [3.63, 3.8) is 0 Å². The predicted octanol–water partition coefficient (Wildman–Crippen LogP) is 2.15. The van der Waals surface area contributed by atoms with Crippen LogP contribution in [0.3, 0.4) is 0 Å². The maximum absolute atomic E-state index is 12.8. The average Bonchev–Trinajstić information content (AvgIpc) is 3.38. The van der Waals surface area contributed by atoms with Crippen molar-refractivity contribution >= 4 is 27.0 Å². The van der Waals surface area contributed by atoms with Gasteiger partial charge in [0, 0.05) is 25.2 Å². The molecule has 0 aliphatic carbocycles. The lowest BCUT2D eigenvalue weighted by Crippen LogP contribution is -2.22. The van der Waals surface area contributed by atoms with Crippen LogP contribution in [0.1, 0.15) is 0 Å². The number of hydrogen-bond acceptors (Lipinski definition) is 7. The zero-order valence-electron chi connectivity index (χ0n) is 17.2. The zero-order chi connectivity index (χ0) is 22.6. The van der Waals surface area contributed by atoms with Crippen molar-refractivity contribution in [1.29, 1.82) is 0 Å². The number of ether oxygens (including phenoxy) is 2. The summed E-state index contributed by atoms with van der Waals surface area (Å²) in [5.74, 6) is 1.06. The highest BCUT2D eigenvalue weighted by Gasteiger charge is 2.26. The Balaban J connectivity index is 1.78. The highest BCUT2D eigenvalue weighted by molar-refractivity contribution is 7.89. The van der Waals surface area contributed by atoms with Gasteiger partial charge in [0.15, 0.2) is 11.5 Å². The molecule has 1 aliphatic rings. The van der Waals surface area contributed by atoms with Gasteiger partial charge in [-0.25, -0.2) is 12.7 Å². The number of H-pyrrole nitrogens is 2. The Labute approximate surface area is 182 Å². The standard InChI is InChI=1S/C21H19N5O5S/c1-26(2)32(28,29)12-8-6-11(7-9-12)17-15(13-4-3-5-14-18(13)31-10-30-14)16-19(23-17)24-21(22)25-20(16)27/h3-9H,10H2,1-2H3,(H4,22,23,24,25,27). The summed E-state index contributed by atoms with van der Waals surface area (Å²) in [6, 6.07) is 11.8. The lowest BCUT2D eigenvalue weighted by Gasteiger charge is -2.12. The maximum Gasteiger partial charge on any atom is 0.262 e. The highest BCUT2D eigenvalue weighted by atomic mass is 32.2. The third-order valence-electron chi connectivity index (χ3n) is 5.27. The second-order valence-corrected chi connectivity index (χ2v) is 9.55. The summed E-state index contributed by atoms with van der Waals surface area (Å²) >= 11 is 0. The monoisotopic (exact) mass is 453 g/mol. The smallest absolute Gasteiger partial charge is 0.262 e. The van der Waals surface area contributed by atoms with Gasteiger partial charge in [-0.1, -0.05) is 24.3 Å². The van der Waals surface area contributed by atoms with Crippen LogP contribution in [-0.4, -0.2) is 48.6 Å². The predicted molar refractivity (Wildman–Crippen MR) is 119 cm³/mol. The molecule has 0 saturated carbocycles. The van der Waals surface area contributed by atoms with Crippen molar-refractivity contribution in [2.75, 3.05) is 26.6 Å². The lowest BCUT2D eigenvalue weighted by molar-refractivity contribution is 0.174. The molecular weight excluding hydrogens is 434 g/mol. The van der Waals surface area contributed by atoms with Gasteiger partial charge in [-0.15, -0.1) is 0 Å². The Bertz CT molecular complexity index is 1520. The van der Waals surface area contributed by atoms with Gasteiger partial charge in [0.25, 0.3) is 5.56 Å². The SMILES string of the molecule is CN(C)S(=O)(=O)c1ccc(-c2[nH]c3nc(N)[nH]c(=O)c3c2-c2cccc3c2OCO3)cc1. The Kier molecular flexibility index (Phi) is 4.46. The Hall–Kier alpha value is -3.83. The summed E-state index contributed by atoms with van der Waals surface area (Å²) in [7, 11) is -0.637. The van der Waals surface area contributed by atoms with Crippen molar-refractivity contribution in [2.45, 2.75) is 4.90 Å². The van der Waals surface area contributed by atoms with Gasteiger partial charge in [-0.3, -0.25) is 9.78 Å². The van der Waals surface area contributed by atoms with Crippen LogP contribution in [0, 0.1) is 0 Å². The van der Waals surface area contributed by atoms with Gasteiger partial charge < -0.3 is 20.2 Å². The minimum atomic E-state index is -3.58. The quantitative estimate of drug-likeness (QED) is 0.429. The van der Waals surface area contributed by atoms with E-state index in [4.69, 9.17) is 15.2 Å². The third-order valence-corrected chi connectivity index (χ3v) is 7.10. The first kappa shape index (κ1) is 20.1. The summed E-state index contributed by atoms with van der Waals surface area (Å²) in [6.45, 7) is 0.0721. The molecule has 2 aromatic heterocycles. The molecule has 0 unspecified atom stereocenters. The fourth-order valence-corrected chi connectivity index (χ4v) is 4.64. The zero-order valence-corrected chi connectivity index (χ0v) is 18.0. The molecular formula is C21H19N5O5S. The number of nitrogen functional groups attached to an aromatic ring is 1. The summed E-state index contributed by atoms with van der Waals surface area (Å²) < 4.78 is 37.2. The molecule has 0 saturated heterocycles. The molecule has 11 heteroatoms. The molecule has 0 bridgehead atoms. The topological polar surface area (TPSA) is 143 Å². The van der Waals surface area contributed by atoms with Crippen LogP contribution < -0.4 is 20.8 Å². The van der Waals surface area contributed by atoms with E-state index in [0.717, 1.165) is 4.31 Å². The van der Waals surface area contributed by atoms with Crippen molar-refractivity contribution in [3.05, 3.63) is 52.8 Å². The lowest BCUT2D eigenvalue weighted by atomic mass is 9.98. The number of nitrogens with one attached hydrogen (secondary N) is 2. The van der Waals surface area contributed by atoms with Crippen LogP contribution in [0.25, 0.3) is 33.4 Å². The molecule has 1 aliphatic heterocycles. The first-order valence-electron chi connectivity index (χ1n) is 9.61. The largest absolute Gasteiger partial charge is 0.454 e. The van der Waals surface area contributed by atoms with Gasteiger partial charge in [0.05, 0.1) is 16.0 Å². The highest BCUT2D eigenvalue weighted by Crippen LogP contribution is 2.46. The van der Waals surface area contributed by atoms with Crippen LogP contribution >= 0.6 is 0 Å². The summed E-state index contributed by atoms with van der Waals surface area (Å²) in [4.78, 5) is 22.9. The molecule has 0 atom stereocenters. The Morgan fingerprint density at radius 3 is 2.53 bits per heavy atom. The molecule has 3 heterocycles. The number of benzene rings is 2. The van der Waals surface area contributed by atoms with E-state index >= 15 is 0 Å². The molecule has 0 amide bonds. The minimum Gasteiger partial charge on any atom is -0.454 e. The Morgan fingerprint density at radius 2 is 1.81 bits per heavy atom. The number of nitrogens with zero attached hydrogens (tertiary/aromatic N) is 2. The van der Waals surface area contributed by atoms with Gasteiger partial charge >= 0.3 is 0 Å². The van der Waals surface area contributed by atoms with Crippen molar-refractivity contribution in [3.8, 4) is 33.9 Å². The van der Waals surface area contributed by atoms with Gasteiger partial charge in [-0.05, 0) is 23.8 Å². The second-order valence-electron chi connectivity index (χ2n) is 7.40. The van der Waals surface area contributed by atoms with Crippen LogP contribution in [0.4, 0.5) is 5.95 Å². The second kappa shape index (κ2) is 7.11. The molecule has 5 rings (SSSR count). The van der Waals surface area contributed by atoms with Crippen LogP contribution in [0.2, 0.25) is 0 Å². The number of rotatable bonds is 4. The molecule has 4 aromatic rings. The number of hydrogen-bond donors (Lipinski definition) is 3. The van der Waals surface area contributed by atoms with Gasteiger partial charge in [0.2, 0.25) is 22.8 Å². The van der Waals surface area contributed by atoms with Crippen LogP contribution in [0.5, 0.6) is 11.5 Å². The minimum absolute atomic E-state index is 0.0212. The first-order chi connectivity index (χ1) is 15.3. The first-order valence-corrected chi connectivity index (χ1v) is 11.0. The van der Waals surface area contributed by atoms with Crippen molar-refractivity contribution in [1.82, 2.24) is 19.3 Å². The van der Waals surface area contributed by atoms with Gasteiger partial charge in [0.1, 0.15) is 5.65 Å². The molecule has 4 N–H and O–H groups in total.